The van der Waals surface area contributed by atoms with E-state index in [2.05, 4.69) is 5.32 Å². The van der Waals surface area contributed by atoms with Gasteiger partial charge in [-0.1, -0.05) is 42.5 Å². The molecule has 3 rings (SSSR count). The first-order valence-electron chi connectivity index (χ1n) is 12.7. The molecule has 1 atom stereocenters. The van der Waals surface area contributed by atoms with Crippen LogP contribution in [0.3, 0.4) is 0 Å². The lowest BCUT2D eigenvalue weighted by Crippen LogP contribution is -2.51. The van der Waals surface area contributed by atoms with Crippen molar-refractivity contribution in [2.24, 2.45) is 0 Å². The summed E-state index contributed by atoms with van der Waals surface area (Å²) in [6, 6.07) is 20.8. The molecule has 0 radical (unpaired) electrons. The minimum Gasteiger partial charge on any atom is -0.497 e. The van der Waals surface area contributed by atoms with Gasteiger partial charge in [0, 0.05) is 13.1 Å². The van der Waals surface area contributed by atoms with Crippen LogP contribution in [0.1, 0.15) is 26.3 Å². The molecule has 3 aromatic rings. The lowest BCUT2D eigenvalue weighted by atomic mass is 10.1. The predicted octanol–water partition coefficient (Wildman–Crippen LogP) is 3.84. The van der Waals surface area contributed by atoms with Crippen molar-refractivity contribution in [3.63, 3.8) is 0 Å². The number of rotatable bonds is 13. The van der Waals surface area contributed by atoms with Crippen LogP contribution in [0.15, 0.2) is 83.8 Å². The summed E-state index contributed by atoms with van der Waals surface area (Å²) in [5, 5.41) is 2.75. The molecule has 3 aromatic carbocycles. The minimum atomic E-state index is -4.17. The van der Waals surface area contributed by atoms with Gasteiger partial charge in [-0.2, -0.15) is 0 Å². The number of hydrogen-bond donors (Lipinski definition) is 1. The predicted molar refractivity (Wildman–Crippen MR) is 150 cm³/mol. The van der Waals surface area contributed by atoms with Crippen molar-refractivity contribution >= 4 is 27.5 Å². The number of methoxy groups -OCH3 is 1. The molecule has 0 saturated heterocycles. The van der Waals surface area contributed by atoms with Gasteiger partial charge in [-0.3, -0.25) is 13.9 Å². The maximum atomic E-state index is 13.9. The number of ether oxygens (including phenoxy) is 2. The average Bonchev–Trinajstić information content (AvgIpc) is 2.95. The third-order valence-electron chi connectivity index (χ3n) is 6.07. The monoisotopic (exact) mass is 553 g/mol. The van der Waals surface area contributed by atoms with Gasteiger partial charge in [0.15, 0.2) is 0 Å². The van der Waals surface area contributed by atoms with Crippen LogP contribution >= 0.6 is 0 Å². The number of sulfonamides is 1. The summed E-state index contributed by atoms with van der Waals surface area (Å²) in [4.78, 5) is 28.2. The van der Waals surface area contributed by atoms with Gasteiger partial charge in [-0.15, -0.1) is 0 Å². The largest absolute Gasteiger partial charge is 0.497 e. The molecule has 1 unspecified atom stereocenters. The van der Waals surface area contributed by atoms with Crippen LogP contribution in [0, 0.1) is 0 Å². The molecule has 0 bridgehead atoms. The van der Waals surface area contributed by atoms with E-state index >= 15 is 0 Å². The number of carbonyl (C=O) groups is 2. The van der Waals surface area contributed by atoms with E-state index in [4.69, 9.17) is 9.47 Å². The first-order chi connectivity index (χ1) is 18.7. The van der Waals surface area contributed by atoms with E-state index in [0.717, 1.165) is 9.87 Å². The van der Waals surface area contributed by atoms with Crippen molar-refractivity contribution in [1.29, 1.82) is 0 Å². The van der Waals surface area contributed by atoms with Gasteiger partial charge in [0.25, 0.3) is 10.0 Å². The molecule has 0 heterocycles. The Balaban J connectivity index is 2.05. The summed E-state index contributed by atoms with van der Waals surface area (Å²) in [6.45, 7) is 5.46. The number of carbonyl (C=O) groups excluding carboxylic acids is 2. The van der Waals surface area contributed by atoms with E-state index in [9.17, 15) is 18.0 Å². The zero-order valence-electron chi connectivity index (χ0n) is 22.7. The van der Waals surface area contributed by atoms with Gasteiger partial charge in [0.1, 0.15) is 24.1 Å². The fourth-order valence-electron chi connectivity index (χ4n) is 4.01. The van der Waals surface area contributed by atoms with Crippen LogP contribution in [0.5, 0.6) is 11.5 Å². The fourth-order valence-corrected chi connectivity index (χ4v) is 5.45. The third kappa shape index (κ3) is 7.29. The van der Waals surface area contributed by atoms with Crippen LogP contribution in [-0.4, -0.2) is 58.0 Å². The van der Waals surface area contributed by atoms with E-state index in [1.165, 1.54) is 17.0 Å². The number of amides is 2. The molecule has 0 aliphatic heterocycles. The molecule has 0 spiro atoms. The lowest BCUT2D eigenvalue weighted by Gasteiger charge is -2.32. The molecule has 0 aromatic heterocycles. The van der Waals surface area contributed by atoms with Gasteiger partial charge < -0.3 is 19.7 Å². The van der Waals surface area contributed by atoms with Crippen LogP contribution in [0.25, 0.3) is 0 Å². The quantitative estimate of drug-likeness (QED) is 0.345. The molecule has 0 aliphatic rings. The molecule has 208 valence electrons. The fraction of sp³-hybridized carbons (Fsp3) is 0.310. The Labute approximate surface area is 230 Å². The number of nitrogens with one attached hydrogen (secondary N) is 1. The Hall–Kier alpha value is -4.05. The maximum Gasteiger partial charge on any atom is 0.264 e. The minimum absolute atomic E-state index is 0.0302. The summed E-state index contributed by atoms with van der Waals surface area (Å²) < 4.78 is 39.8. The van der Waals surface area contributed by atoms with Gasteiger partial charge in [0.2, 0.25) is 11.8 Å². The zero-order valence-corrected chi connectivity index (χ0v) is 23.5. The van der Waals surface area contributed by atoms with Crippen molar-refractivity contribution in [2.45, 2.75) is 38.3 Å². The second-order valence-corrected chi connectivity index (χ2v) is 10.5. The lowest BCUT2D eigenvalue weighted by molar-refractivity contribution is -0.139. The summed E-state index contributed by atoms with van der Waals surface area (Å²) in [7, 11) is -2.61. The Kier molecular flexibility index (Phi) is 10.3. The Morgan fingerprint density at radius 3 is 2.18 bits per heavy atom. The third-order valence-corrected chi connectivity index (χ3v) is 7.85. The zero-order chi connectivity index (χ0) is 28.4. The molecule has 0 saturated carbocycles. The number of likely N-dealkylation sites (N-methyl/N-ethyl adjacent to an activating group) is 1. The molecule has 0 aliphatic carbocycles. The van der Waals surface area contributed by atoms with Gasteiger partial charge in [-0.05, 0) is 62.7 Å². The highest BCUT2D eigenvalue weighted by Gasteiger charge is 2.33. The maximum absolute atomic E-state index is 13.9. The van der Waals surface area contributed by atoms with Crippen molar-refractivity contribution < 1.29 is 27.5 Å². The molecule has 9 nitrogen and oxygen atoms in total. The summed E-state index contributed by atoms with van der Waals surface area (Å²) >= 11 is 0. The van der Waals surface area contributed by atoms with Gasteiger partial charge in [0.05, 0.1) is 24.3 Å². The second kappa shape index (κ2) is 13.7. The number of para-hydroxylation sites is 2. The number of benzene rings is 3. The summed E-state index contributed by atoms with van der Waals surface area (Å²) in [6.07, 6.45) is 0. The van der Waals surface area contributed by atoms with Crippen molar-refractivity contribution in [1.82, 2.24) is 10.2 Å². The number of anilines is 1. The molecule has 0 fully saturated rings. The van der Waals surface area contributed by atoms with E-state index in [0.29, 0.717) is 24.7 Å². The first-order valence-corrected chi connectivity index (χ1v) is 14.2. The van der Waals surface area contributed by atoms with Crippen molar-refractivity contribution in [3.05, 3.63) is 84.4 Å². The Bertz CT molecular complexity index is 1350. The standard InChI is InChI=1S/C29H35N3O6S/c1-5-30-29(34)22(3)31(20-23-16-18-24(37-4)19-17-23)28(33)21-32(26-14-10-11-15-27(26)38-6-2)39(35,36)25-12-8-7-9-13-25/h7-19,22H,5-6,20-21H2,1-4H3,(H,30,34). The smallest absolute Gasteiger partial charge is 0.264 e. The van der Waals surface area contributed by atoms with Gasteiger partial charge >= 0.3 is 0 Å². The molecule has 10 heteroatoms. The van der Waals surface area contributed by atoms with Crippen LogP contribution in [-0.2, 0) is 26.2 Å². The van der Waals surface area contributed by atoms with Gasteiger partial charge in [-0.25, -0.2) is 8.42 Å². The van der Waals surface area contributed by atoms with E-state index in [1.54, 1.807) is 94.6 Å². The van der Waals surface area contributed by atoms with Crippen molar-refractivity contribution in [3.8, 4) is 11.5 Å². The average molecular weight is 554 g/mol. The van der Waals surface area contributed by atoms with E-state index in [1.807, 2.05) is 0 Å². The number of nitrogens with zero attached hydrogens (tertiary/aromatic N) is 2. The summed E-state index contributed by atoms with van der Waals surface area (Å²) in [5.74, 6) is 0.0915. The first kappa shape index (κ1) is 29.5. The normalized spacial score (nSPS) is 11.8. The molecule has 2 amide bonds. The van der Waals surface area contributed by atoms with Crippen LogP contribution < -0.4 is 19.1 Å². The van der Waals surface area contributed by atoms with E-state index in [-0.39, 0.29) is 23.0 Å². The molecular formula is C29H35N3O6S. The van der Waals surface area contributed by atoms with Crippen LogP contribution in [0.4, 0.5) is 5.69 Å². The molecule has 39 heavy (non-hydrogen) atoms. The highest BCUT2D eigenvalue weighted by atomic mass is 32.2. The Morgan fingerprint density at radius 2 is 1.56 bits per heavy atom. The topological polar surface area (TPSA) is 105 Å². The highest BCUT2D eigenvalue weighted by molar-refractivity contribution is 7.92. The number of hydrogen-bond acceptors (Lipinski definition) is 6. The molecular weight excluding hydrogens is 518 g/mol. The van der Waals surface area contributed by atoms with Crippen molar-refractivity contribution in [2.75, 3.05) is 31.1 Å². The highest BCUT2D eigenvalue weighted by Crippen LogP contribution is 2.33. The SMILES string of the molecule is CCNC(=O)C(C)N(Cc1ccc(OC)cc1)C(=O)CN(c1ccccc1OCC)S(=O)(=O)c1ccccc1. The Morgan fingerprint density at radius 1 is 0.923 bits per heavy atom. The summed E-state index contributed by atoms with van der Waals surface area (Å²) in [5.41, 5.74) is 0.985. The van der Waals surface area contributed by atoms with E-state index < -0.39 is 28.5 Å². The van der Waals surface area contributed by atoms with Crippen LogP contribution in [0.2, 0.25) is 0 Å². The second-order valence-electron chi connectivity index (χ2n) is 8.67. The molecule has 1 N–H and O–H groups in total.